The van der Waals surface area contributed by atoms with Crippen LogP contribution in [0.5, 0.6) is 0 Å². The van der Waals surface area contributed by atoms with E-state index in [0.29, 0.717) is 5.69 Å². The van der Waals surface area contributed by atoms with Crippen molar-refractivity contribution in [2.75, 3.05) is 10.6 Å². The minimum atomic E-state index is -0.282. The zero-order chi connectivity index (χ0) is 15.6. The number of anilines is 2. The first-order valence-corrected chi connectivity index (χ1v) is 7.29. The van der Waals surface area contributed by atoms with Gasteiger partial charge in [0.05, 0.1) is 23.1 Å². The van der Waals surface area contributed by atoms with Gasteiger partial charge in [-0.15, -0.1) is 0 Å². The summed E-state index contributed by atoms with van der Waals surface area (Å²) >= 11 is 0. The summed E-state index contributed by atoms with van der Waals surface area (Å²) in [5.74, 6) is 0. The highest BCUT2D eigenvalue weighted by molar-refractivity contribution is 6.09. The molecule has 1 aromatic heterocycles. The van der Waals surface area contributed by atoms with Crippen LogP contribution in [-0.2, 0) is 0 Å². The average Bonchev–Trinajstić information content (AvgIpc) is 3.05. The molecule has 2 amide bonds. The number of nitrogens with one attached hydrogen (secondary N) is 3. The van der Waals surface area contributed by atoms with Crippen LogP contribution in [0, 0.1) is 0 Å². The normalized spacial score (nSPS) is 10.8. The van der Waals surface area contributed by atoms with Crippen molar-refractivity contribution in [2.24, 2.45) is 0 Å². The second-order valence-corrected chi connectivity index (χ2v) is 5.24. The number of nitrogens with zero attached hydrogens (tertiary/aromatic N) is 1. The van der Waals surface area contributed by atoms with E-state index in [-0.39, 0.29) is 6.03 Å². The summed E-state index contributed by atoms with van der Waals surface area (Å²) < 4.78 is 0. The molecule has 0 atom stereocenters. The Morgan fingerprint density at radius 1 is 0.826 bits per heavy atom. The summed E-state index contributed by atoms with van der Waals surface area (Å²) in [6, 6.07) is 19.1. The van der Waals surface area contributed by atoms with Crippen LogP contribution in [0.25, 0.3) is 21.7 Å². The van der Waals surface area contributed by atoms with E-state index in [1.165, 1.54) is 0 Å². The van der Waals surface area contributed by atoms with Crippen molar-refractivity contribution in [1.82, 2.24) is 10.2 Å². The monoisotopic (exact) mass is 302 g/mol. The number of fused-ring (bicyclic) bond motifs is 2. The second kappa shape index (κ2) is 5.46. The smallest absolute Gasteiger partial charge is 0.307 e. The van der Waals surface area contributed by atoms with Crippen LogP contribution >= 0.6 is 0 Å². The summed E-state index contributed by atoms with van der Waals surface area (Å²) in [4.78, 5) is 12.3. The Balaban J connectivity index is 1.61. The van der Waals surface area contributed by atoms with Crippen LogP contribution in [0.3, 0.4) is 0 Å². The minimum Gasteiger partial charge on any atom is -0.307 e. The van der Waals surface area contributed by atoms with E-state index in [2.05, 4.69) is 20.8 Å². The molecule has 4 rings (SSSR count). The molecule has 0 spiro atoms. The van der Waals surface area contributed by atoms with E-state index in [0.717, 1.165) is 27.4 Å². The first-order chi connectivity index (χ1) is 11.3. The molecule has 0 aliphatic carbocycles. The van der Waals surface area contributed by atoms with Gasteiger partial charge in [0.2, 0.25) is 0 Å². The number of hydrogen-bond acceptors (Lipinski definition) is 2. The predicted molar refractivity (Wildman–Crippen MR) is 92.7 cm³/mol. The molecule has 0 saturated carbocycles. The molecule has 0 saturated heterocycles. The van der Waals surface area contributed by atoms with Crippen molar-refractivity contribution in [2.45, 2.75) is 0 Å². The van der Waals surface area contributed by atoms with Crippen molar-refractivity contribution in [3.8, 4) is 0 Å². The number of carbonyl (C=O) groups excluding carboxylic acids is 1. The Kier molecular flexibility index (Phi) is 3.16. The maximum absolute atomic E-state index is 12.3. The fourth-order valence-electron chi connectivity index (χ4n) is 2.69. The highest BCUT2D eigenvalue weighted by Gasteiger charge is 2.08. The standard InChI is InChI=1S/C18H14N4O/c23-18(21-16-9-4-10-17-14(16)11-19-22-17)20-15-8-3-6-12-5-1-2-7-13(12)15/h1-11H,(H,19,22)(H2,20,21,23). The van der Waals surface area contributed by atoms with Gasteiger partial charge in [0.1, 0.15) is 0 Å². The van der Waals surface area contributed by atoms with Crippen molar-refractivity contribution in [3.05, 3.63) is 66.9 Å². The maximum Gasteiger partial charge on any atom is 0.323 e. The number of hydrogen-bond donors (Lipinski definition) is 3. The fourth-order valence-corrected chi connectivity index (χ4v) is 2.69. The SMILES string of the molecule is O=C(Nc1cccc2ccccc12)Nc1cccc2[nH]ncc12. The number of amides is 2. The second-order valence-electron chi connectivity index (χ2n) is 5.24. The van der Waals surface area contributed by atoms with Crippen molar-refractivity contribution >= 4 is 39.1 Å². The van der Waals surface area contributed by atoms with Crippen molar-refractivity contribution in [3.63, 3.8) is 0 Å². The number of aromatic amines is 1. The van der Waals surface area contributed by atoms with E-state index in [9.17, 15) is 4.79 Å². The first kappa shape index (κ1) is 13.3. The number of aromatic nitrogens is 2. The third-order valence-electron chi connectivity index (χ3n) is 3.77. The third kappa shape index (κ3) is 2.48. The van der Waals surface area contributed by atoms with E-state index < -0.39 is 0 Å². The van der Waals surface area contributed by atoms with Crippen LogP contribution in [-0.4, -0.2) is 16.2 Å². The highest BCUT2D eigenvalue weighted by Crippen LogP contribution is 2.24. The van der Waals surface area contributed by atoms with Gasteiger partial charge < -0.3 is 10.6 Å². The number of H-pyrrole nitrogens is 1. The Morgan fingerprint density at radius 2 is 1.52 bits per heavy atom. The lowest BCUT2D eigenvalue weighted by atomic mass is 10.1. The van der Waals surface area contributed by atoms with Crippen LogP contribution < -0.4 is 10.6 Å². The lowest BCUT2D eigenvalue weighted by Crippen LogP contribution is -2.19. The minimum absolute atomic E-state index is 0.282. The number of benzene rings is 3. The van der Waals surface area contributed by atoms with E-state index in [1.807, 2.05) is 60.7 Å². The third-order valence-corrected chi connectivity index (χ3v) is 3.77. The van der Waals surface area contributed by atoms with Gasteiger partial charge in [0.25, 0.3) is 0 Å². The van der Waals surface area contributed by atoms with Gasteiger partial charge in [-0.2, -0.15) is 5.10 Å². The lowest BCUT2D eigenvalue weighted by Gasteiger charge is -2.10. The summed E-state index contributed by atoms with van der Waals surface area (Å²) in [6.45, 7) is 0. The summed E-state index contributed by atoms with van der Waals surface area (Å²) in [5, 5.41) is 15.6. The molecule has 5 nitrogen and oxygen atoms in total. The van der Waals surface area contributed by atoms with Gasteiger partial charge in [-0.25, -0.2) is 4.79 Å². The highest BCUT2D eigenvalue weighted by atomic mass is 16.2. The quantitative estimate of drug-likeness (QED) is 0.515. The molecular weight excluding hydrogens is 288 g/mol. The summed E-state index contributed by atoms with van der Waals surface area (Å²) in [5.41, 5.74) is 2.38. The molecule has 0 aliphatic heterocycles. The molecule has 4 aromatic rings. The fraction of sp³-hybridized carbons (Fsp3) is 0. The van der Waals surface area contributed by atoms with E-state index >= 15 is 0 Å². The van der Waals surface area contributed by atoms with Gasteiger partial charge in [-0.05, 0) is 23.6 Å². The van der Waals surface area contributed by atoms with Crippen molar-refractivity contribution in [1.29, 1.82) is 0 Å². The topological polar surface area (TPSA) is 69.8 Å². The Bertz CT molecular complexity index is 1000. The predicted octanol–water partition coefficient (Wildman–Crippen LogP) is 4.36. The van der Waals surface area contributed by atoms with Gasteiger partial charge in [0, 0.05) is 10.8 Å². The van der Waals surface area contributed by atoms with Crippen LogP contribution in [0.1, 0.15) is 0 Å². The van der Waals surface area contributed by atoms with Gasteiger partial charge in [-0.1, -0.05) is 42.5 Å². The Hall–Kier alpha value is -3.34. The Morgan fingerprint density at radius 3 is 2.39 bits per heavy atom. The van der Waals surface area contributed by atoms with E-state index in [1.54, 1.807) is 6.20 Å². The number of urea groups is 1. The van der Waals surface area contributed by atoms with Crippen LogP contribution in [0.15, 0.2) is 66.9 Å². The summed E-state index contributed by atoms with van der Waals surface area (Å²) in [6.07, 6.45) is 1.70. The zero-order valence-corrected chi connectivity index (χ0v) is 12.2. The van der Waals surface area contributed by atoms with Gasteiger partial charge >= 0.3 is 6.03 Å². The zero-order valence-electron chi connectivity index (χ0n) is 12.2. The average molecular weight is 302 g/mol. The molecule has 0 fully saturated rings. The van der Waals surface area contributed by atoms with Gasteiger partial charge in [0.15, 0.2) is 0 Å². The number of carbonyl (C=O) groups is 1. The van der Waals surface area contributed by atoms with Crippen LogP contribution in [0.2, 0.25) is 0 Å². The molecule has 5 heteroatoms. The van der Waals surface area contributed by atoms with Crippen LogP contribution in [0.4, 0.5) is 16.2 Å². The largest absolute Gasteiger partial charge is 0.323 e. The first-order valence-electron chi connectivity index (χ1n) is 7.29. The van der Waals surface area contributed by atoms with Crippen molar-refractivity contribution < 1.29 is 4.79 Å². The number of rotatable bonds is 2. The molecular formula is C18H14N4O. The molecule has 1 heterocycles. The molecule has 0 radical (unpaired) electrons. The molecule has 3 aromatic carbocycles. The Labute approximate surface area is 132 Å². The molecule has 0 bridgehead atoms. The maximum atomic E-state index is 12.3. The summed E-state index contributed by atoms with van der Waals surface area (Å²) in [7, 11) is 0. The molecule has 112 valence electrons. The van der Waals surface area contributed by atoms with Gasteiger partial charge in [-0.3, -0.25) is 5.10 Å². The lowest BCUT2D eigenvalue weighted by molar-refractivity contribution is 0.262. The molecule has 0 aliphatic rings. The molecule has 0 unspecified atom stereocenters. The van der Waals surface area contributed by atoms with E-state index in [4.69, 9.17) is 0 Å². The molecule has 3 N–H and O–H groups in total. The molecule has 23 heavy (non-hydrogen) atoms.